The molecule has 80 valence electrons. The molecule has 0 aromatic heterocycles. The van der Waals surface area contributed by atoms with Gasteiger partial charge >= 0.3 is 0 Å². The second-order valence-electron chi connectivity index (χ2n) is 3.41. The molecular weight excluding hydrogens is 328 g/mol. The van der Waals surface area contributed by atoms with Crippen molar-refractivity contribution in [3.63, 3.8) is 0 Å². The van der Waals surface area contributed by atoms with Gasteiger partial charge in [-0.25, -0.2) is 0 Å². The Hall–Kier alpha value is -0.860. The fourth-order valence-electron chi connectivity index (χ4n) is 1.79. The van der Waals surface area contributed by atoms with Crippen LogP contribution in [0.3, 0.4) is 0 Å². The first kappa shape index (κ1) is 11.6. The molecule has 2 aromatic rings. The van der Waals surface area contributed by atoms with E-state index in [9.17, 15) is 0 Å². The molecule has 0 bridgehead atoms. The summed E-state index contributed by atoms with van der Waals surface area (Å²) in [6.07, 6.45) is 3.69. The van der Waals surface area contributed by atoms with E-state index in [0.29, 0.717) is 0 Å². The molecule has 0 spiro atoms. The van der Waals surface area contributed by atoms with E-state index in [1.54, 1.807) is 0 Å². The zero-order chi connectivity index (χ0) is 11.7. The molecule has 0 radical (unpaired) electrons. The van der Waals surface area contributed by atoms with Crippen molar-refractivity contribution in [3.8, 4) is 0 Å². The largest absolute Gasteiger partial charge is 0.0984 e. The monoisotopic (exact) mass is 336 g/mol. The Labute approximate surface area is 112 Å². The Morgan fingerprint density at radius 3 is 1.50 bits per heavy atom. The summed E-state index contributed by atoms with van der Waals surface area (Å²) in [6, 6.07) is 8.23. The van der Waals surface area contributed by atoms with E-state index in [4.69, 9.17) is 0 Å². The Morgan fingerprint density at radius 2 is 1.19 bits per heavy atom. The molecule has 0 fully saturated rings. The lowest BCUT2D eigenvalue weighted by atomic mass is 10.0. The number of fused-ring (bicyclic) bond motifs is 1. The lowest BCUT2D eigenvalue weighted by Crippen LogP contribution is -1.88. The SMILES string of the molecule is C=Cc1c(C=C)c(Br)c2ccccc2c1Br. The third-order valence-electron chi connectivity index (χ3n) is 2.57. The van der Waals surface area contributed by atoms with Crippen LogP contribution in [0, 0.1) is 0 Å². The van der Waals surface area contributed by atoms with Crippen LogP contribution in [-0.4, -0.2) is 0 Å². The van der Waals surface area contributed by atoms with Crippen LogP contribution in [0.5, 0.6) is 0 Å². The average Bonchev–Trinajstić information content (AvgIpc) is 2.33. The molecule has 0 atom stereocenters. The standard InChI is InChI=1S/C14H10Br2/c1-3-9-10(4-2)14(16)12-8-6-5-7-11(12)13(9)15/h3-8H,1-2H2. The van der Waals surface area contributed by atoms with Gasteiger partial charge in [0.15, 0.2) is 0 Å². The van der Waals surface area contributed by atoms with Crippen LogP contribution in [0.4, 0.5) is 0 Å². The van der Waals surface area contributed by atoms with Gasteiger partial charge in [0.1, 0.15) is 0 Å². The van der Waals surface area contributed by atoms with Gasteiger partial charge in [-0.05, 0) is 53.8 Å². The molecule has 2 heteroatoms. The van der Waals surface area contributed by atoms with Crippen LogP contribution < -0.4 is 0 Å². The highest BCUT2D eigenvalue weighted by Gasteiger charge is 2.11. The molecule has 0 aliphatic carbocycles. The van der Waals surface area contributed by atoms with Gasteiger partial charge < -0.3 is 0 Å². The summed E-state index contributed by atoms with van der Waals surface area (Å²) in [7, 11) is 0. The first-order valence-electron chi connectivity index (χ1n) is 4.85. The van der Waals surface area contributed by atoms with Crippen molar-refractivity contribution in [2.45, 2.75) is 0 Å². The predicted molar refractivity (Wildman–Crippen MR) is 79.5 cm³/mol. The fourth-order valence-corrected chi connectivity index (χ4v) is 3.23. The molecule has 2 aromatic carbocycles. The molecular formula is C14H10Br2. The van der Waals surface area contributed by atoms with Crippen LogP contribution in [-0.2, 0) is 0 Å². The average molecular weight is 338 g/mol. The van der Waals surface area contributed by atoms with Crippen molar-refractivity contribution in [3.05, 3.63) is 57.5 Å². The maximum Gasteiger partial charge on any atom is 0.0332 e. The van der Waals surface area contributed by atoms with Crippen LogP contribution in [0.2, 0.25) is 0 Å². The number of halogens is 2. The molecule has 0 amide bonds. The summed E-state index contributed by atoms with van der Waals surface area (Å²) in [4.78, 5) is 0. The summed E-state index contributed by atoms with van der Waals surface area (Å²) < 4.78 is 2.13. The molecule has 2 rings (SSSR count). The molecule has 0 aliphatic rings. The molecule has 0 N–H and O–H groups in total. The Balaban J connectivity index is 3.04. The molecule has 0 saturated heterocycles. The maximum absolute atomic E-state index is 3.85. The fraction of sp³-hybridized carbons (Fsp3) is 0. The summed E-state index contributed by atoms with van der Waals surface area (Å²) in [5.74, 6) is 0. The van der Waals surface area contributed by atoms with Crippen molar-refractivity contribution < 1.29 is 0 Å². The van der Waals surface area contributed by atoms with Gasteiger partial charge in [-0.3, -0.25) is 0 Å². The van der Waals surface area contributed by atoms with E-state index in [0.717, 1.165) is 20.1 Å². The molecule has 0 saturated carbocycles. The van der Waals surface area contributed by atoms with Crippen molar-refractivity contribution in [1.82, 2.24) is 0 Å². The van der Waals surface area contributed by atoms with Gasteiger partial charge in [-0.2, -0.15) is 0 Å². The third-order valence-corrected chi connectivity index (χ3v) is 4.28. The third kappa shape index (κ3) is 1.66. The van der Waals surface area contributed by atoms with Gasteiger partial charge in [-0.1, -0.05) is 49.6 Å². The van der Waals surface area contributed by atoms with Crippen molar-refractivity contribution in [1.29, 1.82) is 0 Å². The molecule has 0 nitrogen and oxygen atoms in total. The number of benzene rings is 2. The van der Waals surface area contributed by atoms with E-state index >= 15 is 0 Å². The minimum Gasteiger partial charge on any atom is -0.0984 e. The van der Waals surface area contributed by atoms with Crippen LogP contribution in [0.15, 0.2) is 46.4 Å². The number of hydrogen-bond donors (Lipinski definition) is 0. The smallest absolute Gasteiger partial charge is 0.0332 e. The van der Waals surface area contributed by atoms with E-state index in [-0.39, 0.29) is 0 Å². The highest BCUT2D eigenvalue weighted by atomic mass is 79.9. The Kier molecular flexibility index (Phi) is 3.31. The van der Waals surface area contributed by atoms with Crippen LogP contribution in [0.1, 0.15) is 11.1 Å². The molecule has 0 unspecified atom stereocenters. The van der Waals surface area contributed by atoms with Crippen molar-refractivity contribution in [2.75, 3.05) is 0 Å². The van der Waals surface area contributed by atoms with Crippen molar-refractivity contribution in [2.24, 2.45) is 0 Å². The molecule has 0 aliphatic heterocycles. The highest BCUT2D eigenvalue weighted by molar-refractivity contribution is 9.11. The maximum atomic E-state index is 3.85. The van der Waals surface area contributed by atoms with E-state index in [1.807, 2.05) is 24.3 Å². The normalized spacial score (nSPS) is 10.4. The Morgan fingerprint density at radius 1 is 0.812 bits per heavy atom. The van der Waals surface area contributed by atoms with Gasteiger partial charge in [-0.15, -0.1) is 0 Å². The van der Waals surface area contributed by atoms with Gasteiger partial charge in [0.25, 0.3) is 0 Å². The van der Waals surface area contributed by atoms with E-state index in [2.05, 4.69) is 57.2 Å². The topological polar surface area (TPSA) is 0 Å². The zero-order valence-corrected chi connectivity index (χ0v) is 11.8. The number of hydrogen-bond acceptors (Lipinski definition) is 0. The van der Waals surface area contributed by atoms with Gasteiger partial charge in [0, 0.05) is 8.95 Å². The van der Waals surface area contributed by atoms with Crippen LogP contribution in [0.25, 0.3) is 22.9 Å². The molecule has 16 heavy (non-hydrogen) atoms. The zero-order valence-electron chi connectivity index (χ0n) is 8.63. The first-order valence-corrected chi connectivity index (χ1v) is 6.44. The summed E-state index contributed by atoms with van der Waals surface area (Å²) in [5, 5.41) is 2.35. The second-order valence-corrected chi connectivity index (χ2v) is 5.00. The second kappa shape index (κ2) is 4.56. The number of rotatable bonds is 2. The summed E-state index contributed by atoms with van der Waals surface area (Å²) in [6.45, 7) is 7.70. The highest BCUT2D eigenvalue weighted by Crippen LogP contribution is 2.38. The first-order chi connectivity index (χ1) is 7.70. The van der Waals surface area contributed by atoms with Gasteiger partial charge in [0.05, 0.1) is 0 Å². The minimum atomic E-state index is 1.07. The van der Waals surface area contributed by atoms with Crippen LogP contribution >= 0.6 is 31.9 Å². The Bertz CT molecular complexity index is 530. The van der Waals surface area contributed by atoms with E-state index < -0.39 is 0 Å². The van der Waals surface area contributed by atoms with Gasteiger partial charge in [0.2, 0.25) is 0 Å². The summed E-state index contributed by atoms with van der Waals surface area (Å²) in [5.41, 5.74) is 2.14. The van der Waals surface area contributed by atoms with E-state index in [1.165, 1.54) is 10.8 Å². The minimum absolute atomic E-state index is 1.07. The van der Waals surface area contributed by atoms with Crippen molar-refractivity contribution >= 4 is 54.8 Å². The lowest BCUT2D eigenvalue weighted by molar-refractivity contribution is 1.59. The summed E-state index contributed by atoms with van der Waals surface area (Å²) >= 11 is 7.26. The quantitative estimate of drug-likeness (QED) is 0.664. The predicted octanol–water partition coefficient (Wildman–Crippen LogP) is 5.65. The molecule has 0 heterocycles. The lowest BCUT2D eigenvalue weighted by Gasteiger charge is -2.12.